The molecule has 0 aromatic carbocycles. The number of nitrogens with one attached hydrogen (secondary N) is 1. The fourth-order valence-electron chi connectivity index (χ4n) is 2.76. The van der Waals surface area contributed by atoms with Gasteiger partial charge in [0.05, 0.1) is 13.2 Å². The van der Waals surface area contributed by atoms with Crippen LogP contribution < -0.4 is 11.2 Å². The van der Waals surface area contributed by atoms with E-state index in [4.69, 9.17) is 19.3 Å². The summed E-state index contributed by atoms with van der Waals surface area (Å²) in [6, 6.07) is 0. The van der Waals surface area contributed by atoms with Gasteiger partial charge in [0.25, 0.3) is 5.56 Å². The summed E-state index contributed by atoms with van der Waals surface area (Å²) < 4.78 is 17.8. The van der Waals surface area contributed by atoms with Crippen LogP contribution in [0.5, 0.6) is 0 Å². The van der Waals surface area contributed by atoms with Gasteiger partial charge >= 0.3 is 5.69 Å². The van der Waals surface area contributed by atoms with Gasteiger partial charge in [-0.3, -0.25) is 14.3 Å². The van der Waals surface area contributed by atoms with Crippen molar-refractivity contribution in [2.75, 3.05) is 19.8 Å². The van der Waals surface area contributed by atoms with Crippen LogP contribution in [0.4, 0.5) is 0 Å². The average Bonchev–Trinajstić information content (AvgIpc) is 3.13. The molecule has 0 spiro atoms. The molecule has 3 atom stereocenters. The summed E-state index contributed by atoms with van der Waals surface area (Å²) in [6.07, 6.45) is 6.88. The quantitative estimate of drug-likeness (QED) is 0.443. The van der Waals surface area contributed by atoms with Gasteiger partial charge in [0, 0.05) is 19.2 Å². The van der Waals surface area contributed by atoms with Gasteiger partial charge in [-0.05, 0) is 25.3 Å². The van der Waals surface area contributed by atoms with Crippen LogP contribution in [0.3, 0.4) is 0 Å². The summed E-state index contributed by atoms with van der Waals surface area (Å²) in [7, 11) is 0. The number of aromatic amines is 1. The topological polar surface area (TPSA) is 103 Å². The molecule has 1 fully saturated rings. The monoisotopic (exact) mass is 362 g/mol. The molecule has 2 aliphatic heterocycles. The Morgan fingerprint density at radius 1 is 1.35 bits per heavy atom. The van der Waals surface area contributed by atoms with E-state index in [0.717, 1.165) is 25.9 Å². The Kier molecular flexibility index (Phi) is 6.41. The number of hydrogen-bond donors (Lipinski definition) is 2. The fourth-order valence-corrected chi connectivity index (χ4v) is 2.76. The first kappa shape index (κ1) is 18.6. The lowest BCUT2D eigenvalue weighted by Crippen LogP contribution is -2.33. The van der Waals surface area contributed by atoms with E-state index in [1.807, 2.05) is 0 Å². The van der Waals surface area contributed by atoms with Crippen molar-refractivity contribution in [3.63, 3.8) is 0 Å². The fraction of sp³-hybridized carbons (Fsp3) is 0.556. The summed E-state index contributed by atoms with van der Waals surface area (Å²) >= 11 is 0. The van der Waals surface area contributed by atoms with E-state index in [0.29, 0.717) is 13.0 Å². The summed E-state index contributed by atoms with van der Waals surface area (Å²) in [4.78, 5) is 26.1. The molecule has 8 nitrogen and oxygen atoms in total. The van der Waals surface area contributed by atoms with Gasteiger partial charge < -0.3 is 19.3 Å². The van der Waals surface area contributed by atoms with Crippen molar-refractivity contribution in [3.8, 4) is 11.8 Å². The zero-order valence-electron chi connectivity index (χ0n) is 14.3. The number of H-pyrrole nitrogens is 1. The first-order chi connectivity index (χ1) is 12.7. The van der Waals surface area contributed by atoms with Crippen molar-refractivity contribution >= 4 is 0 Å². The third-order valence-corrected chi connectivity index (χ3v) is 4.12. The highest BCUT2D eigenvalue weighted by Crippen LogP contribution is 2.18. The maximum Gasteiger partial charge on any atom is 0.330 e. The first-order valence-corrected chi connectivity index (χ1v) is 8.69. The molecule has 2 N–H and O–H groups in total. The minimum Gasteiger partial charge on any atom is -0.393 e. The first-order valence-electron chi connectivity index (χ1n) is 8.69. The van der Waals surface area contributed by atoms with E-state index < -0.39 is 23.6 Å². The SMILES string of the molecule is O=c1[nH]c(=O)n([C@H]2C=C[C@@H](CO)O2)cc1C#CCCOC1CCCCO1. The second kappa shape index (κ2) is 8.96. The highest BCUT2D eigenvalue weighted by Gasteiger charge is 2.21. The highest BCUT2D eigenvalue weighted by molar-refractivity contribution is 5.29. The second-order valence-electron chi connectivity index (χ2n) is 6.06. The molecule has 8 heteroatoms. The maximum atomic E-state index is 12.0. The molecular weight excluding hydrogens is 340 g/mol. The van der Waals surface area contributed by atoms with Crippen LogP contribution in [0.15, 0.2) is 27.9 Å². The lowest BCUT2D eigenvalue weighted by atomic mass is 10.2. The molecule has 0 amide bonds. The van der Waals surface area contributed by atoms with Crippen molar-refractivity contribution in [3.05, 3.63) is 44.8 Å². The Morgan fingerprint density at radius 3 is 2.96 bits per heavy atom. The van der Waals surface area contributed by atoms with E-state index in [1.54, 1.807) is 12.2 Å². The minimum absolute atomic E-state index is 0.165. The summed E-state index contributed by atoms with van der Waals surface area (Å²) in [5, 5.41) is 9.09. The van der Waals surface area contributed by atoms with Crippen molar-refractivity contribution in [1.82, 2.24) is 9.55 Å². The molecular formula is C18H22N2O6. The number of nitrogens with zero attached hydrogens (tertiary/aromatic N) is 1. The van der Waals surface area contributed by atoms with Gasteiger partial charge in [0.2, 0.25) is 0 Å². The Hall–Kier alpha value is -2.18. The predicted octanol–water partition coefficient (Wildman–Crippen LogP) is 0.267. The standard InChI is InChI=1S/C18H22N2O6/c21-12-14-7-8-15(26-14)20-11-13(17(22)19-18(20)23)5-1-3-9-24-16-6-2-4-10-25-16/h7-8,11,14-16,21H,2-4,6,9-10,12H2,(H,19,22,23)/t14-,15+,16?/m0/s1. The van der Waals surface area contributed by atoms with Crippen molar-refractivity contribution in [2.24, 2.45) is 0 Å². The highest BCUT2D eigenvalue weighted by atomic mass is 16.7. The number of ether oxygens (including phenoxy) is 3. The van der Waals surface area contributed by atoms with Crippen LogP contribution in [-0.4, -0.2) is 46.9 Å². The Bertz CT molecular complexity index is 809. The van der Waals surface area contributed by atoms with Crippen molar-refractivity contribution < 1.29 is 19.3 Å². The predicted molar refractivity (Wildman–Crippen MR) is 92.5 cm³/mol. The van der Waals surface area contributed by atoms with Gasteiger partial charge in [-0.15, -0.1) is 0 Å². The third-order valence-electron chi connectivity index (χ3n) is 4.12. The van der Waals surface area contributed by atoms with Crippen LogP contribution >= 0.6 is 0 Å². The number of rotatable bonds is 5. The number of aromatic nitrogens is 2. The number of aliphatic hydroxyl groups is 1. The Labute approximate surface area is 150 Å². The van der Waals surface area contributed by atoms with Gasteiger partial charge in [-0.25, -0.2) is 4.79 Å². The van der Waals surface area contributed by atoms with Crippen molar-refractivity contribution in [2.45, 2.75) is 44.3 Å². The maximum absolute atomic E-state index is 12.0. The van der Waals surface area contributed by atoms with Crippen LogP contribution in [0.2, 0.25) is 0 Å². The molecule has 1 unspecified atom stereocenters. The Balaban J connectivity index is 1.61. The van der Waals surface area contributed by atoms with Crippen molar-refractivity contribution in [1.29, 1.82) is 0 Å². The molecule has 2 aliphatic rings. The normalized spacial score (nSPS) is 25.0. The van der Waals surface area contributed by atoms with Gasteiger partial charge in [-0.2, -0.15) is 0 Å². The molecule has 1 saturated heterocycles. The number of aliphatic hydroxyl groups excluding tert-OH is 1. The molecule has 140 valence electrons. The van der Waals surface area contributed by atoms with Crippen LogP contribution in [0.25, 0.3) is 0 Å². The van der Waals surface area contributed by atoms with E-state index in [9.17, 15) is 9.59 Å². The smallest absolute Gasteiger partial charge is 0.330 e. The molecule has 0 aliphatic carbocycles. The van der Waals surface area contributed by atoms with Crippen LogP contribution in [0.1, 0.15) is 37.5 Å². The summed E-state index contributed by atoms with van der Waals surface area (Å²) in [6.45, 7) is 0.965. The summed E-state index contributed by atoms with van der Waals surface area (Å²) in [5.41, 5.74) is -0.967. The largest absolute Gasteiger partial charge is 0.393 e. The molecule has 3 rings (SSSR count). The molecule has 1 aromatic heterocycles. The Morgan fingerprint density at radius 2 is 2.23 bits per heavy atom. The zero-order valence-corrected chi connectivity index (χ0v) is 14.3. The molecule has 1 aromatic rings. The summed E-state index contributed by atoms with van der Waals surface area (Å²) in [5.74, 6) is 5.64. The second-order valence-corrected chi connectivity index (χ2v) is 6.06. The van der Waals surface area contributed by atoms with Gasteiger partial charge in [0.1, 0.15) is 11.7 Å². The van der Waals surface area contributed by atoms with E-state index >= 15 is 0 Å². The molecule has 0 bridgehead atoms. The average molecular weight is 362 g/mol. The van der Waals surface area contributed by atoms with Gasteiger partial charge in [-0.1, -0.05) is 17.9 Å². The molecule has 26 heavy (non-hydrogen) atoms. The van der Waals surface area contributed by atoms with E-state index in [2.05, 4.69) is 16.8 Å². The zero-order chi connectivity index (χ0) is 18.4. The van der Waals surface area contributed by atoms with E-state index in [1.165, 1.54) is 10.8 Å². The van der Waals surface area contributed by atoms with Crippen LogP contribution in [0, 0.1) is 11.8 Å². The van der Waals surface area contributed by atoms with Crippen LogP contribution in [-0.2, 0) is 14.2 Å². The molecule has 0 radical (unpaired) electrons. The number of hydrogen-bond acceptors (Lipinski definition) is 6. The van der Waals surface area contributed by atoms with Gasteiger partial charge in [0.15, 0.2) is 12.5 Å². The van der Waals surface area contributed by atoms with E-state index in [-0.39, 0.29) is 18.5 Å². The molecule has 0 saturated carbocycles. The minimum atomic E-state index is -0.677. The lowest BCUT2D eigenvalue weighted by Gasteiger charge is -2.22. The lowest BCUT2D eigenvalue weighted by molar-refractivity contribution is -0.161. The third kappa shape index (κ3) is 4.71. The molecule has 3 heterocycles.